The maximum absolute atomic E-state index is 13.0. The van der Waals surface area contributed by atoms with Crippen LogP contribution >= 0.6 is 0 Å². The quantitative estimate of drug-likeness (QED) is 0.721. The fourth-order valence-corrected chi connectivity index (χ4v) is 3.42. The van der Waals surface area contributed by atoms with E-state index in [1.807, 2.05) is 6.92 Å². The second kappa shape index (κ2) is 7.82. The molecule has 1 aliphatic heterocycles. The lowest BCUT2D eigenvalue weighted by molar-refractivity contribution is -0.121. The molecule has 0 spiro atoms. The van der Waals surface area contributed by atoms with E-state index in [0.717, 1.165) is 0 Å². The first kappa shape index (κ1) is 19.4. The van der Waals surface area contributed by atoms with Crippen molar-refractivity contribution < 1.29 is 14.3 Å². The zero-order valence-electron chi connectivity index (χ0n) is 16.6. The van der Waals surface area contributed by atoms with Gasteiger partial charge < -0.3 is 15.0 Å². The first-order chi connectivity index (χ1) is 14.5. The first-order valence-corrected chi connectivity index (χ1v) is 9.51. The standard InChI is InChI=1S/C22H20N4O4/c1-3-25-17-7-6-15(11-18(17)30-13-19(25)27)24-21(28)20-14(2)8-10-26(22(20)29)16-5-4-9-23-12-16/h4-12H,3,13H2,1-2H3,(H,24,28). The van der Waals surface area contributed by atoms with E-state index >= 15 is 0 Å². The summed E-state index contributed by atoms with van der Waals surface area (Å²) in [6.45, 7) is 4.07. The molecule has 0 saturated carbocycles. The lowest BCUT2D eigenvalue weighted by Gasteiger charge is -2.28. The minimum absolute atomic E-state index is 0.0466. The Balaban J connectivity index is 1.65. The average Bonchev–Trinajstić information content (AvgIpc) is 2.74. The molecule has 4 rings (SSSR count). The van der Waals surface area contributed by atoms with Crippen LogP contribution in [-0.4, -0.2) is 34.5 Å². The van der Waals surface area contributed by atoms with Gasteiger partial charge >= 0.3 is 0 Å². The Kier molecular flexibility index (Phi) is 5.05. The van der Waals surface area contributed by atoms with E-state index in [1.54, 1.807) is 66.8 Å². The van der Waals surface area contributed by atoms with Crippen molar-refractivity contribution in [3.8, 4) is 11.4 Å². The number of amides is 2. The van der Waals surface area contributed by atoms with Crippen LogP contribution in [0.15, 0.2) is 59.8 Å². The molecule has 0 aliphatic carbocycles. The highest BCUT2D eigenvalue weighted by Crippen LogP contribution is 2.34. The molecule has 1 aliphatic rings. The minimum atomic E-state index is -0.519. The molecule has 3 aromatic rings. The smallest absolute Gasteiger partial charge is 0.268 e. The average molecular weight is 404 g/mol. The van der Waals surface area contributed by atoms with Crippen molar-refractivity contribution in [1.29, 1.82) is 0 Å². The topological polar surface area (TPSA) is 93.5 Å². The van der Waals surface area contributed by atoms with Crippen LogP contribution < -0.4 is 20.5 Å². The number of fused-ring (bicyclic) bond motifs is 1. The number of nitrogens with one attached hydrogen (secondary N) is 1. The Hall–Kier alpha value is -3.94. The number of hydrogen-bond acceptors (Lipinski definition) is 5. The van der Waals surface area contributed by atoms with Crippen molar-refractivity contribution in [2.24, 2.45) is 0 Å². The van der Waals surface area contributed by atoms with Gasteiger partial charge in [-0.25, -0.2) is 0 Å². The number of carbonyl (C=O) groups is 2. The summed E-state index contributed by atoms with van der Waals surface area (Å²) in [7, 11) is 0. The number of ether oxygens (including phenoxy) is 1. The van der Waals surface area contributed by atoms with Gasteiger partial charge in [0.05, 0.1) is 17.6 Å². The molecule has 1 aromatic carbocycles. The molecule has 0 unspecified atom stereocenters. The summed E-state index contributed by atoms with van der Waals surface area (Å²) >= 11 is 0. The van der Waals surface area contributed by atoms with Crippen molar-refractivity contribution in [3.05, 3.63) is 76.5 Å². The third-order valence-corrected chi connectivity index (χ3v) is 4.93. The van der Waals surface area contributed by atoms with Crippen molar-refractivity contribution in [2.45, 2.75) is 13.8 Å². The van der Waals surface area contributed by atoms with E-state index in [4.69, 9.17) is 4.74 Å². The molecule has 8 nitrogen and oxygen atoms in total. The number of hydrogen-bond donors (Lipinski definition) is 1. The van der Waals surface area contributed by atoms with E-state index in [-0.39, 0.29) is 18.1 Å². The van der Waals surface area contributed by atoms with Gasteiger partial charge in [-0.2, -0.15) is 0 Å². The van der Waals surface area contributed by atoms with Gasteiger partial charge in [0.2, 0.25) is 0 Å². The van der Waals surface area contributed by atoms with Gasteiger partial charge in [-0.05, 0) is 49.7 Å². The molecular weight excluding hydrogens is 384 g/mol. The molecular formula is C22H20N4O4. The van der Waals surface area contributed by atoms with Gasteiger partial charge in [0, 0.05) is 30.7 Å². The second-order valence-corrected chi connectivity index (χ2v) is 6.82. The molecule has 30 heavy (non-hydrogen) atoms. The Morgan fingerprint density at radius 2 is 2.07 bits per heavy atom. The van der Waals surface area contributed by atoms with Crippen LogP contribution in [0.2, 0.25) is 0 Å². The highest BCUT2D eigenvalue weighted by atomic mass is 16.5. The summed E-state index contributed by atoms with van der Waals surface area (Å²) in [5.74, 6) is -0.126. The zero-order valence-corrected chi connectivity index (χ0v) is 16.6. The molecule has 152 valence electrons. The summed E-state index contributed by atoms with van der Waals surface area (Å²) in [4.78, 5) is 43.5. The van der Waals surface area contributed by atoms with E-state index in [1.165, 1.54) is 4.57 Å². The van der Waals surface area contributed by atoms with Gasteiger partial charge in [0.15, 0.2) is 6.61 Å². The van der Waals surface area contributed by atoms with Gasteiger partial charge in [-0.1, -0.05) is 0 Å². The van der Waals surface area contributed by atoms with E-state index in [2.05, 4.69) is 10.3 Å². The van der Waals surface area contributed by atoms with E-state index in [0.29, 0.717) is 34.9 Å². The Morgan fingerprint density at radius 3 is 2.80 bits per heavy atom. The highest BCUT2D eigenvalue weighted by Gasteiger charge is 2.25. The number of benzene rings is 1. The molecule has 0 saturated heterocycles. The second-order valence-electron chi connectivity index (χ2n) is 6.82. The first-order valence-electron chi connectivity index (χ1n) is 9.51. The number of aromatic nitrogens is 2. The van der Waals surface area contributed by atoms with Crippen LogP contribution in [0.5, 0.6) is 5.75 Å². The lowest BCUT2D eigenvalue weighted by atomic mass is 10.1. The van der Waals surface area contributed by atoms with Gasteiger partial charge in [0.25, 0.3) is 17.4 Å². The molecule has 0 atom stereocenters. The monoisotopic (exact) mass is 404 g/mol. The summed E-state index contributed by atoms with van der Waals surface area (Å²) in [5.41, 5.74) is 1.88. The molecule has 2 amide bonds. The van der Waals surface area contributed by atoms with Crippen LogP contribution in [0.1, 0.15) is 22.8 Å². The van der Waals surface area contributed by atoms with Crippen LogP contribution in [0, 0.1) is 6.92 Å². The lowest BCUT2D eigenvalue weighted by Crippen LogP contribution is -2.38. The number of likely N-dealkylation sites (N-methyl/N-ethyl adjacent to an activating group) is 1. The molecule has 3 heterocycles. The third-order valence-electron chi connectivity index (χ3n) is 4.93. The Labute approximate surface area is 172 Å². The molecule has 0 radical (unpaired) electrons. The minimum Gasteiger partial charge on any atom is -0.481 e. The van der Waals surface area contributed by atoms with Crippen LogP contribution in [0.25, 0.3) is 5.69 Å². The van der Waals surface area contributed by atoms with Crippen LogP contribution in [0.3, 0.4) is 0 Å². The number of anilines is 2. The van der Waals surface area contributed by atoms with E-state index < -0.39 is 11.5 Å². The van der Waals surface area contributed by atoms with Crippen molar-refractivity contribution in [2.75, 3.05) is 23.4 Å². The van der Waals surface area contributed by atoms with Crippen LogP contribution in [0.4, 0.5) is 11.4 Å². The zero-order chi connectivity index (χ0) is 21.3. The number of aryl methyl sites for hydroxylation is 1. The number of nitrogens with zero attached hydrogens (tertiary/aromatic N) is 3. The SMILES string of the molecule is CCN1C(=O)COc2cc(NC(=O)c3c(C)ccn(-c4cccnc4)c3=O)ccc21. The summed E-state index contributed by atoms with van der Waals surface area (Å²) in [6, 6.07) is 10.2. The predicted octanol–water partition coefficient (Wildman–Crippen LogP) is 2.54. The fraction of sp³-hybridized carbons (Fsp3) is 0.182. The maximum Gasteiger partial charge on any atom is 0.268 e. The Morgan fingerprint density at radius 1 is 1.23 bits per heavy atom. The molecule has 0 bridgehead atoms. The highest BCUT2D eigenvalue weighted by molar-refractivity contribution is 6.05. The molecule has 1 N–H and O–H groups in total. The third kappa shape index (κ3) is 3.43. The van der Waals surface area contributed by atoms with Gasteiger partial charge in [-0.15, -0.1) is 0 Å². The maximum atomic E-state index is 13.0. The largest absolute Gasteiger partial charge is 0.481 e. The van der Waals surface area contributed by atoms with Crippen molar-refractivity contribution >= 4 is 23.2 Å². The van der Waals surface area contributed by atoms with Crippen LogP contribution in [-0.2, 0) is 4.79 Å². The molecule has 8 heteroatoms. The van der Waals surface area contributed by atoms with Gasteiger partial charge in [0.1, 0.15) is 11.3 Å². The molecule has 0 fully saturated rings. The fourth-order valence-electron chi connectivity index (χ4n) is 3.42. The number of carbonyl (C=O) groups excluding carboxylic acids is 2. The Bertz CT molecular complexity index is 1190. The summed E-state index contributed by atoms with van der Waals surface area (Å²) in [5, 5.41) is 2.76. The van der Waals surface area contributed by atoms with Crippen molar-refractivity contribution in [3.63, 3.8) is 0 Å². The number of rotatable bonds is 4. The summed E-state index contributed by atoms with van der Waals surface area (Å²) in [6.07, 6.45) is 4.79. The normalized spacial score (nSPS) is 12.9. The summed E-state index contributed by atoms with van der Waals surface area (Å²) < 4.78 is 6.89. The van der Waals surface area contributed by atoms with Gasteiger partial charge in [-0.3, -0.25) is 23.9 Å². The molecule has 2 aromatic heterocycles. The predicted molar refractivity (Wildman–Crippen MR) is 112 cm³/mol. The van der Waals surface area contributed by atoms with E-state index in [9.17, 15) is 14.4 Å². The van der Waals surface area contributed by atoms with Crippen molar-refractivity contribution in [1.82, 2.24) is 9.55 Å². The number of pyridine rings is 2.